The number of hydrogen-bond donors (Lipinski definition) is 2. The smallest absolute Gasteiger partial charge is 0.0762 e. The fourth-order valence-electron chi connectivity index (χ4n) is 0.987. The Kier molecular flexibility index (Phi) is 3.76. The van der Waals surface area contributed by atoms with Gasteiger partial charge in [-0.25, -0.2) is 0 Å². The molecule has 68 valence electrons. The van der Waals surface area contributed by atoms with Gasteiger partial charge in [-0.1, -0.05) is 0 Å². The molecule has 0 atom stereocenters. The van der Waals surface area contributed by atoms with Gasteiger partial charge in [-0.3, -0.25) is 4.68 Å². The molecule has 1 rings (SSSR count). The molecule has 12 heavy (non-hydrogen) atoms. The second-order valence-electron chi connectivity index (χ2n) is 2.76. The molecule has 0 radical (unpaired) electrons. The van der Waals surface area contributed by atoms with Gasteiger partial charge in [-0.2, -0.15) is 5.10 Å². The zero-order valence-corrected chi connectivity index (χ0v) is 7.67. The van der Waals surface area contributed by atoms with Crippen LogP contribution in [0.4, 0.5) is 0 Å². The van der Waals surface area contributed by atoms with Gasteiger partial charge in [0.05, 0.1) is 5.69 Å². The van der Waals surface area contributed by atoms with Crippen LogP contribution in [0.2, 0.25) is 0 Å². The molecule has 1 aromatic rings. The first kappa shape index (κ1) is 9.22. The summed E-state index contributed by atoms with van der Waals surface area (Å²) in [6, 6.07) is 2.02. The molecule has 4 nitrogen and oxygen atoms in total. The van der Waals surface area contributed by atoms with Gasteiger partial charge in [0.1, 0.15) is 0 Å². The standard InChI is InChI=1S/C8H16N4/c1-9-4-5-10-7-8-3-6-12(2)11-8/h3,6,9-10H,4-5,7H2,1-2H3. The van der Waals surface area contributed by atoms with Gasteiger partial charge in [-0.05, 0) is 13.1 Å². The van der Waals surface area contributed by atoms with E-state index in [9.17, 15) is 0 Å². The molecular formula is C8H16N4. The number of likely N-dealkylation sites (N-methyl/N-ethyl adjacent to an activating group) is 1. The van der Waals surface area contributed by atoms with Gasteiger partial charge < -0.3 is 10.6 Å². The summed E-state index contributed by atoms with van der Waals surface area (Å²) in [5.41, 5.74) is 1.09. The number of nitrogens with zero attached hydrogens (tertiary/aromatic N) is 2. The Morgan fingerprint density at radius 3 is 2.92 bits per heavy atom. The van der Waals surface area contributed by atoms with E-state index < -0.39 is 0 Å². The predicted octanol–water partition coefficient (Wildman–Crippen LogP) is -0.271. The van der Waals surface area contributed by atoms with E-state index >= 15 is 0 Å². The summed E-state index contributed by atoms with van der Waals surface area (Å²) in [5, 5.41) is 10.6. The van der Waals surface area contributed by atoms with E-state index in [-0.39, 0.29) is 0 Å². The molecule has 0 spiro atoms. The van der Waals surface area contributed by atoms with Crippen molar-refractivity contribution in [3.05, 3.63) is 18.0 Å². The zero-order chi connectivity index (χ0) is 8.81. The highest BCUT2D eigenvalue weighted by Gasteiger charge is 1.94. The average molecular weight is 168 g/mol. The van der Waals surface area contributed by atoms with Gasteiger partial charge in [0.15, 0.2) is 0 Å². The van der Waals surface area contributed by atoms with E-state index in [1.165, 1.54) is 0 Å². The lowest BCUT2D eigenvalue weighted by atomic mass is 10.4. The summed E-state index contributed by atoms with van der Waals surface area (Å²) in [5.74, 6) is 0. The fraction of sp³-hybridized carbons (Fsp3) is 0.625. The van der Waals surface area contributed by atoms with Gasteiger partial charge in [0.2, 0.25) is 0 Å². The van der Waals surface area contributed by atoms with Crippen LogP contribution in [-0.2, 0) is 13.6 Å². The van der Waals surface area contributed by atoms with Crippen molar-refractivity contribution in [1.82, 2.24) is 20.4 Å². The molecule has 1 heterocycles. The predicted molar refractivity (Wildman–Crippen MR) is 48.8 cm³/mol. The quantitative estimate of drug-likeness (QED) is 0.595. The van der Waals surface area contributed by atoms with Crippen LogP contribution in [0.15, 0.2) is 12.3 Å². The largest absolute Gasteiger partial charge is 0.318 e. The molecule has 4 heteroatoms. The lowest BCUT2D eigenvalue weighted by molar-refractivity contribution is 0.630. The number of hydrogen-bond acceptors (Lipinski definition) is 3. The fourth-order valence-corrected chi connectivity index (χ4v) is 0.987. The maximum atomic E-state index is 4.24. The topological polar surface area (TPSA) is 41.9 Å². The Hall–Kier alpha value is -0.870. The molecule has 0 aromatic carbocycles. The van der Waals surface area contributed by atoms with Gasteiger partial charge in [0, 0.05) is 32.9 Å². The molecule has 1 aromatic heterocycles. The van der Waals surface area contributed by atoms with Crippen LogP contribution in [0.5, 0.6) is 0 Å². The maximum Gasteiger partial charge on any atom is 0.0762 e. The Morgan fingerprint density at radius 2 is 2.33 bits per heavy atom. The van der Waals surface area contributed by atoms with Gasteiger partial charge in [-0.15, -0.1) is 0 Å². The molecule has 0 fully saturated rings. The van der Waals surface area contributed by atoms with Crippen molar-refractivity contribution in [2.75, 3.05) is 20.1 Å². The third-order valence-corrected chi connectivity index (χ3v) is 1.63. The van der Waals surface area contributed by atoms with Crippen LogP contribution in [0.3, 0.4) is 0 Å². The molecule has 0 bridgehead atoms. The molecule has 0 unspecified atom stereocenters. The third-order valence-electron chi connectivity index (χ3n) is 1.63. The number of aromatic nitrogens is 2. The monoisotopic (exact) mass is 168 g/mol. The molecule has 0 aliphatic heterocycles. The van der Waals surface area contributed by atoms with Crippen molar-refractivity contribution in [3.63, 3.8) is 0 Å². The van der Waals surface area contributed by atoms with Crippen molar-refractivity contribution in [1.29, 1.82) is 0 Å². The molecule has 0 aliphatic carbocycles. The molecule has 0 saturated heterocycles. The Balaban J connectivity index is 2.15. The maximum absolute atomic E-state index is 4.24. The first-order valence-corrected chi connectivity index (χ1v) is 4.17. The van der Waals surface area contributed by atoms with E-state index in [1.807, 2.05) is 31.0 Å². The number of rotatable bonds is 5. The van der Waals surface area contributed by atoms with Gasteiger partial charge in [0.25, 0.3) is 0 Å². The second kappa shape index (κ2) is 4.90. The Bertz CT molecular complexity index is 219. The van der Waals surface area contributed by atoms with Crippen molar-refractivity contribution in [2.24, 2.45) is 7.05 Å². The molecule has 0 saturated carbocycles. The van der Waals surface area contributed by atoms with Crippen LogP contribution in [-0.4, -0.2) is 29.9 Å². The highest BCUT2D eigenvalue weighted by Crippen LogP contribution is 1.91. The van der Waals surface area contributed by atoms with E-state index in [0.29, 0.717) is 0 Å². The van der Waals surface area contributed by atoms with Crippen LogP contribution in [0, 0.1) is 0 Å². The first-order chi connectivity index (χ1) is 5.83. The normalized spacial score (nSPS) is 10.5. The first-order valence-electron chi connectivity index (χ1n) is 4.17. The van der Waals surface area contributed by atoms with Crippen LogP contribution in [0.1, 0.15) is 5.69 Å². The molecule has 2 N–H and O–H groups in total. The molecule has 0 aliphatic rings. The molecule has 0 amide bonds. The van der Waals surface area contributed by atoms with Crippen molar-refractivity contribution in [3.8, 4) is 0 Å². The molecular weight excluding hydrogens is 152 g/mol. The van der Waals surface area contributed by atoms with E-state index in [2.05, 4.69) is 15.7 Å². The lowest BCUT2D eigenvalue weighted by Gasteiger charge is -2.00. The minimum absolute atomic E-state index is 0.850. The van der Waals surface area contributed by atoms with Crippen LogP contribution >= 0.6 is 0 Å². The van der Waals surface area contributed by atoms with Crippen molar-refractivity contribution >= 4 is 0 Å². The Labute approximate surface area is 73.0 Å². The highest BCUT2D eigenvalue weighted by atomic mass is 15.3. The van der Waals surface area contributed by atoms with Gasteiger partial charge >= 0.3 is 0 Å². The number of nitrogens with one attached hydrogen (secondary N) is 2. The minimum atomic E-state index is 0.850. The van der Waals surface area contributed by atoms with E-state index in [1.54, 1.807) is 0 Å². The summed E-state index contributed by atoms with van der Waals surface area (Å²) < 4.78 is 1.81. The third kappa shape index (κ3) is 3.02. The lowest BCUT2D eigenvalue weighted by Crippen LogP contribution is -2.24. The average Bonchev–Trinajstić information content (AvgIpc) is 2.45. The minimum Gasteiger partial charge on any atom is -0.318 e. The summed E-state index contributed by atoms with van der Waals surface area (Å²) in [4.78, 5) is 0. The van der Waals surface area contributed by atoms with Crippen LogP contribution < -0.4 is 10.6 Å². The summed E-state index contributed by atoms with van der Waals surface area (Å²) >= 11 is 0. The van der Waals surface area contributed by atoms with Crippen LogP contribution in [0.25, 0.3) is 0 Å². The SMILES string of the molecule is CNCCNCc1ccn(C)n1. The van der Waals surface area contributed by atoms with Crippen molar-refractivity contribution < 1.29 is 0 Å². The second-order valence-corrected chi connectivity index (χ2v) is 2.76. The van der Waals surface area contributed by atoms with E-state index in [4.69, 9.17) is 0 Å². The van der Waals surface area contributed by atoms with Crippen molar-refractivity contribution in [2.45, 2.75) is 6.54 Å². The summed E-state index contributed by atoms with van der Waals surface area (Å²) in [6.07, 6.45) is 1.95. The van der Waals surface area contributed by atoms with E-state index in [0.717, 1.165) is 25.3 Å². The highest BCUT2D eigenvalue weighted by molar-refractivity contribution is 4.97. The summed E-state index contributed by atoms with van der Waals surface area (Å²) in [6.45, 7) is 2.82. The Morgan fingerprint density at radius 1 is 1.50 bits per heavy atom. The number of aryl methyl sites for hydroxylation is 1. The zero-order valence-electron chi connectivity index (χ0n) is 7.67. The summed E-state index contributed by atoms with van der Waals surface area (Å²) in [7, 11) is 3.87.